The number of amides is 2. The van der Waals surface area contributed by atoms with Crippen molar-refractivity contribution < 1.29 is 18.7 Å². The van der Waals surface area contributed by atoms with Crippen molar-refractivity contribution >= 4 is 40.7 Å². The summed E-state index contributed by atoms with van der Waals surface area (Å²) in [4.78, 5) is 27.1. The monoisotopic (exact) mass is 458 g/mol. The van der Waals surface area contributed by atoms with Gasteiger partial charge in [-0.15, -0.1) is 0 Å². The average molecular weight is 459 g/mol. The van der Waals surface area contributed by atoms with Crippen molar-refractivity contribution in [1.29, 1.82) is 0 Å². The fraction of sp³-hybridized carbons (Fsp3) is 0.130. The fourth-order valence-corrected chi connectivity index (χ4v) is 3.78. The van der Waals surface area contributed by atoms with E-state index >= 15 is 0 Å². The van der Waals surface area contributed by atoms with Crippen LogP contribution in [0.4, 0.5) is 10.1 Å². The van der Waals surface area contributed by atoms with Crippen LogP contribution < -0.4 is 10.1 Å². The second kappa shape index (κ2) is 8.96. The van der Waals surface area contributed by atoms with E-state index in [1.807, 2.05) is 0 Å². The smallest absolute Gasteiger partial charge is 0.261 e. The van der Waals surface area contributed by atoms with Gasteiger partial charge in [-0.05, 0) is 60.2 Å². The van der Waals surface area contributed by atoms with Crippen LogP contribution in [-0.2, 0) is 9.59 Å². The Morgan fingerprint density at radius 3 is 2.42 bits per heavy atom. The zero-order valence-corrected chi connectivity index (χ0v) is 17.7. The maximum absolute atomic E-state index is 13.6. The number of hydrogen-bond acceptors (Lipinski definition) is 3. The third-order valence-corrected chi connectivity index (χ3v) is 5.38. The maximum atomic E-state index is 13.6. The molecule has 0 aromatic heterocycles. The number of carbonyl (C=O) groups is 2. The Morgan fingerprint density at radius 2 is 1.71 bits per heavy atom. The summed E-state index contributed by atoms with van der Waals surface area (Å²) in [6, 6.07) is 16.8. The number of hydrogen-bond donors (Lipinski definition) is 1. The first-order valence-electron chi connectivity index (χ1n) is 9.43. The van der Waals surface area contributed by atoms with Gasteiger partial charge in [0.2, 0.25) is 5.91 Å². The Hall–Kier alpha value is -3.09. The van der Waals surface area contributed by atoms with Crippen LogP contribution in [-0.4, -0.2) is 29.9 Å². The first-order valence-corrected chi connectivity index (χ1v) is 10.2. The first-order chi connectivity index (χ1) is 14.9. The van der Waals surface area contributed by atoms with Gasteiger partial charge >= 0.3 is 0 Å². The van der Waals surface area contributed by atoms with E-state index in [-0.39, 0.29) is 19.1 Å². The van der Waals surface area contributed by atoms with Crippen LogP contribution in [0.3, 0.4) is 0 Å². The molecule has 1 aliphatic heterocycles. The fourth-order valence-electron chi connectivity index (χ4n) is 3.47. The Balaban J connectivity index is 1.70. The topological polar surface area (TPSA) is 58.6 Å². The van der Waals surface area contributed by atoms with Gasteiger partial charge in [-0.25, -0.2) is 4.39 Å². The number of halogens is 3. The molecule has 0 aliphatic carbocycles. The largest absolute Gasteiger partial charge is 0.484 e. The van der Waals surface area contributed by atoms with Crippen LogP contribution in [0, 0.1) is 5.82 Å². The summed E-state index contributed by atoms with van der Waals surface area (Å²) in [6.07, 6.45) is 0. The second-order valence-corrected chi connectivity index (χ2v) is 7.87. The van der Waals surface area contributed by atoms with Crippen LogP contribution >= 0.6 is 23.2 Å². The van der Waals surface area contributed by atoms with Gasteiger partial charge in [0, 0.05) is 21.3 Å². The van der Waals surface area contributed by atoms with Gasteiger partial charge in [-0.1, -0.05) is 35.3 Å². The van der Waals surface area contributed by atoms with Gasteiger partial charge in [0.1, 0.15) is 18.1 Å². The van der Waals surface area contributed by atoms with Crippen LogP contribution in [0.15, 0.2) is 66.7 Å². The van der Waals surface area contributed by atoms with Gasteiger partial charge in [-0.2, -0.15) is 0 Å². The number of rotatable bonds is 4. The predicted octanol–water partition coefficient (Wildman–Crippen LogP) is 5.08. The summed E-state index contributed by atoms with van der Waals surface area (Å²) in [5, 5.41) is 3.80. The molecular weight excluding hydrogens is 442 g/mol. The predicted molar refractivity (Wildman–Crippen MR) is 117 cm³/mol. The van der Waals surface area contributed by atoms with Crippen molar-refractivity contribution in [2.75, 3.05) is 18.5 Å². The molecule has 31 heavy (non-hydrogen) atoms. The molecule has 1 aliphatic rings. The summed E-state index contributed by atoms with van der Waals surface area (Å²) in [5.41, 5.74) is 1.81. The minimum atomic E-state index is -0.658. The normalized spacial score (nSPS) is 15.6. The van der Waals surface area contributed by atoms with E-state index in [9.17, 15) is 14.0 Å². The second-order valence-electron chi connectivity index (χ2n) is 7.00. The highest BCUT2D eigenvalue weighted by Gasteiger charge is 2.33. The first kappa shape index (κ1) is 21.2. The molecule has 0 spiro atoms. The molecule has 0 saturated heterocycles. The molecule has 1 heterocycles. The molecule has 4 rings (SSSR count). The lowest BCUT2D eigenvalue weighted by molar-refractivity contribution is -0.138. The van der Waals surface area contributed by atoms with Gasteiger partial charge < -0.3 is 15.0 Å². The number of ether oxygens (including phenoxy) is 1. The number of fused-ring (bicyclic) bond motifs is 1. The third-order valence-electron chi connectivity index (χ3n) is 4.89. The van der Waals surface area contributed by atoms with E-state index < -0.39 is 17.8 Å². The van der Waals surface area contributed by atoms with Crippen molar-refractivity contribution in [3.8, 4) is 5.75 Å². The molecule has 158 valence electrons. The molecule has 0 unspecified atom stereocenters. The minimum absolute atomic E-state index is 0.197. The molecule has 2 amide bonds. The molecule has 8 heteroatoms. The van der Waals surface area contributed by atoms with Crippen LogP contribution in [0.5, 0.6) is 5.75 Å². The third kappa shape index (κ3) is 4.81. The SMILES string of the molecule is O=C1CN(C(=O)COc2ccc(Cl)cc2)[C@@H](c2ccc(F)cc2)c2cc(Cl)ccc2N1. The van der Waals surface area contributed by atoms with Crippen LogP contribution in [0.1, 0.15) is 17.2 Å². The maximum Gasteiger partial charge on any atom is 0.261 e. The molecule has 3 aromatic carbocycles. The Labute approximate surface area is 188 Å². The summed E-state index contributed by atoms with van der Waals surface area (Å²) in [5.74, 6) is -0.694. The van der Waals surface area contributed by atoms with E-state index in [4.69, 9.17) is 27.9 Å². The van der Waals surface area contributed by atoms with Crippen molar-refractivity contribution in [3.05, 3.63) is 93.7 Å². The van der Waals surface area contributed by atoms with E-state index in [0.29, 0.717) is 32.6 Å². The zero-order valence-electron chi connectivity index (χ0n) is 16.1. The molecule has 0 fully saturated rings. The summed E-state index contributed by atoms with van der Waals surface area (Å²) >= 11 is 12.1. The lowest BCUT2D eigenvalue weighted by Gasteiger charge is -2.30. The average Bonchev–Trinajstić information content (AvgIpc) is 2.89. The van der Waals surface area contributed by atoms with Crippen molar-refractivity contribution in [2.24, 2.45) is 0 Å². The van der Waals surface area contributed by atoms with Crippen molar-refractivity contribution in [2.45, 2.75) is 6.04 Å². The zero-order chi connectivity index (χ0) is 22.0. The van der Waals surface area contributed by atoms with Gasteiger partial charge in [0.05, 0.1) is 6.04 Å². The molecule has 0 radical (unpaired) electrons. The van der Waals surface area contributed by atoms with E-state index in [0.717, 1.165) is 0 Å². The molecule has 3 aromatic rings. The van der Waals surface area contributed by atoms with Gasteiger partial charge in [-0.3, -0.25) is 9.59 Å². The van der Waals surface area contributed by atoms with E-state index in [2.05, 4.69) is 5.32 Å². The molecule has 0 saturated carbocycles. The molecule has 1 N–H and O–H groups in total. The summed E-state index contributed by atoms with van der Waals surface area (Å²) < 4.78 is 19.2. The molecular formula is C23H17Cl2FN2O3. The number of benzene rings is 3. The molecule has 0 bridgehead atoms. The Kier molecular flexibility index (Phi) is 6.11. The van der Waals surface area contributed by atoms with Crippen molar-refractivity contribution in [3.63, 3.8) is 0 Å². The molecule has 1 atom stereocenters. The number of anilines is 1. The number of nitrogens with zero attached hydrogens (tertiary/aromatic N) is 1. The highest BCUT2D eigenvalue weighted by Crippen LogP contribution is 2.37. The number of nitrogens with one attached hydrogen (secondary N) is 1. The van der Waals surface area contributed by atoms with E-state index in [1.54, 1.807) is 54.6 Å². The summed E-state index contributed by atoms with van der Waals surface area (Å²) in [7, 11) is 0. The molecule has 5 nitrogen and oxygen atoms in total. The highest BCUT2D eigenvalue weighted by molar-refractivity contribution is 6.31. The van der Waals surface area contributed by atoms with Gasteiger partial charge in [0.15, 0.2) is 6.61 Å². The summed E-state index contributed by atoms with van der Waals surface area (Å²) in [6.45, 7) is -0.486. The van der Waals surface area contributed by atoms with Gasteiger partial charge in [0.25, 0.3) is 5.91 Å². The standard InChI is InChI=1S/C23H17Cl2FN2O3/c24-15-3-8-18(9-4-15)31-13-22(30)28-12-21(29)27-20-10-5-16(25)11-19(20)23(28)14-1-6-17(26)7-2-14/h1-11,23H,12-13H2,(H,27,29)/t23-/m0/s1. The Bertz CT molecular complexity index is 1120. The lowest BCUT2D eigenvalue weighted by Crippen LogP contribution is -2.41. The van der Waals surface area contributed by atoms with Crippen LogP contribution in [0.25, 0.3) is 0 Å². The van der Waals surface area contributed by atoms with Crippen LogP contribution in [0.2, 0.25) is 10.0 Å². The Morgan fingerprint density at radius 1 is 1.03 bits per heavy atom. The van der Waals surface area contributed by atoms with Crippen molar-refractivity contribution in [1.82, 2.24) is 4.90 Å². The highest BCUT2D eigenvalue weighted by atomic mass is 35.5. The lowest BCUT2D eigenvalue weighted by atomic mass is 9.95. The minimum Gasteiger partial charge on any atom is -0.484 e. The quantitative estimate of drug-likeness (QED) is 0.592. The number of carbonyl (C=O) groups excluding carboxylic acids is 2. The van der Waals surface area contributed by atoms with E-state index in [1.165, 1.54) is 17.0 Å².